The fourth-order valence-electron chi connectivity index (χ4n) is 3.64. The SMILES string of the molecule is CCC(C)NC(=O)CCC(=O)Nc1ccc2nc(N3CCCCC3)cc(C)c2c1. The number of pyridine rings is 1. The average molecular weight is 397 g/mol. The highest BCUT2D eigenvalue weighted by atomic mass is 16.2. The summed E-state index contributed by atoms with van der Waals surface area (Å²) in [5, 5.41) is 6.83. The van der Waals surface area contributed by atoms with E-state index in [0.29, 0.717) is 0 Å². The first-order valence-corrected chi connectivity index (χ1v) is 10.7. The predicted molar refractivity (Wildman–Crippen MR) is 118 cm³/mol. The Morgan fingerprint density at radius 1 is 1.10 bits per heavy atom. The van der Waals surface area contributed by atoms with E-state index in [2.05, 4.69) is 28.5 Å². The van der Waals surface area contributed by atoms with Crippen molar-refractivity contribution >= 4 is 34.2 Å². The van der Waals surface area contributed by atoms with Gasteiger partial charge in [0.2, 0.25) is 11.8 Å². The fourth-order valence-corrected chi connectivity index (χ4v) is 3.64. The monoisotopic (exact) mass is 396 g/mol. The highest BCUT2D eigenvalue weighted by molar-refractivity contribution is 5.96. The molecule has 1 aromatic heterocycles. The smallest absolute Gasteiger partial charge is 0.224 e. The highest BCUT2D eigenvalue weighted by Crippen LogP contribution is 2.27. The summed E-state index contributed by atoms with van der Waals surface area (Å²) in [5.74, 6) is 0.802. The summed E-state index contributed by atoms with van der Waals surface area (Å²) in [7, 11) is 0. The minimum absolute atomic E-state index is 0.0849. The van der Waals surface area contributed by atoms with Crippen LogP contribution in [0.2, 0.25) is 0 Å². The van der Waals surface area contributed by atoms with E-state index in [9.17, 15) is 9.59 Å². The lowest BCUT2D eigenvalue weighted by Gasteiger charge is -2.28. The van der Waals surface area contributed by atoms with Gasteiger partial charge in [0.15, 0.2) is 0 Å². The second-order valence-electron chi connectivity index (χ2n) is 8.00. The van der Waals surface area contributed by atoms with Crippen LogP contribution in [0.4, 0.5) is 11.5 Å². The molecule has 0 spiro atoms. The van der Waals surface area contributed by atoms with Gasteiger partial charge in [-0.1, -0.05) is 6.92 Å². The molecule has 1 unspecified atom stereocenters. The molecule has 6 heteroatoms. The maximum atomic E-state index is 12.2. The summed E-state index contributed by atoms with van der Waals surface area (Å²) in [6, 6.07) is 8.08. The number of aromatic nitrogens is 1. The number of carbonyl (C=O) groups is 2. The molecule has 1 fully saturated rings. The summed E-state index contributed by atoms with van der Waals surface area (Å²) in [6.45, 7) is 8.19. The summed E-state index contributed by atoms with van der Waals surface area (Å²) in [5.41, 5.74) is 2.83. The summed E-state index contributed by atoms with van der Waals surface area (Å²) in [6.07, 6.45) is 4.99. The van der Waals surface area contributed by atoms with Crippen LogP contribution in [0.15, 0.2) is 24.3 Å². The Morgan fingerprint density at radius 3 is 2.55 bits per heavy atom. The Bertz CT molecular complexity index is 875. The topological polar surface area (TPSA) is 74.3 Å². The van der Waals surface area contributed by atoms with E-state index in [1.165, 1.54) is 19.3 Å². The molecular formula is C23H32N4O2. The van der Waals surface area contributed by atoms with Crippen molar-refractivity contribution < 1.29 is 9.59 Å². The molecule has 0 aliphatic carbocycles. The third-order valence-corrected chi connectivity index (χ3v) is 5.56. The van der Waals surface area contributed by atoms with E-state index < -0.39 is 0 Å². The van der Waals surface area contributed by atoms with Crippen molar-refractivity contribution in [3.05, 3.63) is 29.8 Å². The Morgan fingerprint density at radius 2 is 1.83 bits per heavy atom. The number of anilines is 2. The summed E-state index contributed by atoms with van der Waals surface area (Å²) < 4.78 is 0. The highest BCUT2D eigenvalue weighted by Gasteiger charge is 2.14. The Hall–Kier alpha value is -2.63. The molecule has 0 radical (unpaired) electrons. The first-order chi connectivity index (χ1) is 14.0. The molecule has 1 atom stereocenters. The molecule has 0 saturated carbocycles. The molecule has 156 valence electrons. The van der Waals surface area contributed by atoms with E-state index in [4.69, 9.17) is 4.98 Å². The Kier molecular flexibility index (Phi) is 7.07. The van der Waals surface area contributed by atoms with Crippen LogP contribution in [0, 0.1) is 6.92 Å². The lowest BCUT2D eigenvalue weighted by molar-refractivity contribution is -0.124. The van der Waals surface area contributed by atoms with Crippen molar-refractivity contribution in [1.82, 2.24) is 10.3 Å². The van der Waals surface area contributed by atoms with Crippen LogP contribution in [-0.2, 0) is 9.59 Å². The van der Waals surface area contributed by atoms with Gasteiger partial charge in [0, 0.05) is 43.0 Å². The average Bonchev–Trinajstić information content (AvgIpc) is 2.73. The molecule has 2 aromatic rings. The minimum atomic E-state index is -0.154. The summed E-state index contributed by atoms with van der Waals surface area (Å²) in [4.78, 5) is 31.3. The van der Waals surface area contributed by atoms with Crippen molar-refractivity contribution in [2.24, 2.45) is 0 Å². The molecule has 1 aliphatic heterocycles. The molecule has 0 bridgehead atoms. The van der Waals surface area contributed by atoms with Crippen molar-refractivity contribution in [2.45, 2.75) is 65.3 Å². The number of aryl methyl sites for hydroxylation is 1. The molecule has 1 aromatic carbocycles. The number of hydrogen-bond acceptors (Lipinski definition) is 4. The number of carbonyl (C=O) groups excluding carboxylic acids is 2. The van der Waals surface area contributed by atoms with Crippen LogP contribution >= 0.6 is 0 Å². The third-order valence-electron chi connectivity index (χ3n) is 5.56. The number of nitrogens with one attached hydrogen (secondary N) is 2. The molecule has 2 heterocycles. The van der Waals surface area contributed by atoms with Crippen LogP contribution in [0.25, 0.3) is 10.9 Å². The number of nitrogens with zero attached hydrogens (tertiary/aromatic N) is 2. The lowest BCUT2D eigenvalue weighted by Crippen LogP contribution is -2.32. The molecule has 1 aliphatic rings. The fraction of sp³-hybridized carbons (Fsp3) is 0.522. The number of amides is 2. The molecule has 1 saturated heterocycles. The standard InChI is InChI=1S/C23H32N4O2/c1-4-17(3)24-22(28)10-11-23(29)25-18-8-9-20-19(15-18)16(2)14-21(26-20)27-12-6-5-7-13-27/h8-9,14-15,17H,4-7,10-13H2,1-3H3,(H,24,28)(H,25,29). The number of fused-ring (bicyclic) bond motifs is 1. The van der Waals surface area contributed by atoms with Gasteiger partial charge in [0.25, 0.3) is 0 Å². The zero-order chi connectivity index (χ0) is 20.8. The second-order valence-corrected chi connectivity index (χ2v) is 8.00. The van der Waals surface area contributed by atoms with Gasteiger partial charge in [-0.25, -0.2) is 4.98 Å². The van der Waals surface area contributed by atoms with Gasteiger partial charge >= 0.3 is 0 Å². The van der Waals surface area contributed by atoms with E-state index in [1.54, 1.807) is 0 Å². The molecule has 2 N–H and O–H groups in total. The normalized spacial score (nSPS) is 15.2. The van der Waals surface area contributed by atoms with Crippen LogP contribution in [0.3, 0.4) is 0 Å². The summed E-state index contributed by atoms with van der Waals surface area (Å²) >= 11 is 0. The molecule has 6 nitrogen and oxygen atoms in total. The zero-order valence-corrected chi connectivity index (χ0v) is 17.8. The van der Waals surface area contributed by atoms with Crippen molar-refractivity contribution in [3.63, 3.8) is 0 Å². The van der Waals surface area contributed by atoms with Crippen LogP contribution in [0.5, 0.6) is 0 Å². The van der Waals surface area contributed by atoms with E-state index in [-0.39, 0.29) is 30.7 Å². The quantitative estimate of drug-likeness (QED) is 0.737. The van der Waals surface area contributed by atoms with Gasteiger partial charge in [-0.05, 0) is 69.4 Å². The molecule has 3 rings (SSSR count). The lowest BCUT2D eigenvalue weighted by atomic mass is 10.1. The first kappa shape index (κ1) is 21.1. The largest absolute Gasteiger partial charge is 0.357 e. The van der Waals surface area contributed by atoms with Gasteiger partial charge in [-0.15, -0.1) is 0 Å². The Balaban J connectivity index is 1.64. The van der Waals surface area contributed by atoms with E-state index in [0.717, 1.165) is 47.5 Å². The molecular weight excluding hydrogens is 364 g/mol. The predicted octanol–water partition coefficient (Wildman–Crippen LogP) is 4.17. The van der Waals surface area contributed by atoms with Crippen molar-refractivity contribution in [2.75, 3.05) is 23.3 Å². The number of benzene rings is 1. The van der Waals surface area contributed by atoms with E-state index in [1.807, 2.05) is 32.0 Å². The van der Waals surface area contributed by atoms with Crippen LogP contribution in [0.1, 0.15) is 57.9 Å². The van der Waals surface area contributed by atoms with Crippen LogP contribution < -0.4 is 15.5 Å². The van der Waals surface area contributed by atoms with Crippen molar-refractivity contribution in [1.29, 1.82) is 0 Å². The number of hydrogen-bond donors (Lipinski definition) is 2. The maximum Gasteiger partial charge on any atom is 0.224 e. The third kappa shape index (κ3) is 5.68. The zero-order valence-electron chi connectivity index (χ0n) is 17.8. The molecule has 2 amide bonds. The van der Waals surface area contributed by atoms with Gasteiger partial charge in [0.05, 0.1) is 5.52 Å². The van der Waals surface area contributed by atoms with E-state index >= 15 is 0 Å². The number of rotatable bonds is 7. The van der Waals surface area contributed by atoms with Gasteiger partial charge in [-0.3, -0.25) is 9.59 Å². The minimum Gasteiger partial charge on any atom is -0.357 e. The van der Waals surface area contributed by atoms with Gasteiger partial charge in [-0.2, -0.15) is 0 Å². The van der Waals surface area contributed by atoms with Gasteiger partial charge < -0.3 is 15.5 Å². The molecule has 29 heavy (non-hydrogen) atoms. The van der Waals surface area contributed by atoms with Gasteiger partial charge in [0.1, 0.15) is 5.82 Å². The van der Waals surface area contributed by atoms with Crippen molar-refractivity contribution in [3.8, 4) is 0 Å². The Labute approximate surface area is 173 Å². The maximum absolute atomic E-state index is 12.2. The second kappa shape index (κ2) is 9.72. The number of piperidine rings is 1. The first-order valence-electron chi connectivity index (χ1n) is 10.7. The van der Waals surface area contributed by atoms with Crippen LogP contribution in [-0.4, -0.2) is 35.9 Å².